The molecule has 1 saturated heterocycles. The van der Waals surface area contributed by atoms with Crippen LogP contribution in [0, 0.1) is 0 Å². The number of halogens is 1. The molecule has 1 aromatic rings. The van der Waals surface area contributed by atoms with Crippen LogP contribution < -0.4 is 5.32 Å². The molecule has 1 unspecified atom stereocenters. The Kier molecular flexibility index (Phi) is 4.52. The van der Waals surface area contributed by atoms with Crippen molar-refractivity contribution in [2.45, 2.75) is 31.5 Å². The summed E-state index contributed by atoms with van der Waals surface area (Å²) in [7, 11) is 0. The fraction of sp³-hybridized carbons (Fsp3) is 0.500. The monoisotopic (exact) mass is 318 g/mol. The number of nitrogens with zero attached hydrogens (tertiary/aromatic N) is 1. The van der Waals surface area contributed by atoms with Gasteiger partial charge in [-0.2, -0.15) is 0 Å². The molecule has 2 amide bonds. The van der Waals surface area contributed by atoms with Gasteiger partial charge in [-0.05, 0) is 19.1 Å². The van der Waals surface area contributed by atoms with Crippen molar-refractivity contribution in [3.05, 3.63) is 21.3 Å². The number of nitrogens with one attached hydrogen (secondary N) is 1. The molecule has 0 aliphatic carbocycles. The van der Waals surface area contributed by atoms with Gasteiger partial charge in [-0.25, -0.2) is 9.59 Å². The molecule has 0 saturated carbocycles. The Morgan fingerprint density at radius 3 is 2.80 bits per heavy atom. The van der Waals surface area contributed by atoms with E-state index < -0.39 is 24.1 Å². The molecule has 3 N–H and O–H groups in total. The second kappa shape index (κ2) is 5.99. The maximum atomic E-state index is 12.1. The molecular weight excluding hydrogens is 304 g/mol. The third kappa shape index (κ3) is 3.23. The third-order valence-corrected chi connectivity index (χ3v) is 4.60. The fourth-order valence-corrected chi connectivity index (χ4v) is 3.24. The lowest BCUT2D eigenvalue weighted by Gasteiger charge is -2.23. The van der Waals surface area contributed by atoms with Gasteiger partial charge < -0.3 is 20.4 Å². The maximum absolute atomic E-state index is 12.1. The second-order valence-corrected chi connectivity index (χ2v) is 6.46. The van der Waals surface area contributed by atoms with Crippen molar-refractivity contribution in [1.29, 1.82) is 0 Å². The number of carbonyl (C=O) groups is 2. The number of thiophene rings is 1. The van der Waals surface area contributed by atoms with Crippen molar-refractivity contribution in [3.8, 4) is 0 Å². The zero-order chi connectivity index (χ0) is 14.9. The molecule has 2 heterocycles. The van der Waals surface area contributed by atoms with Gasteiger partial charge in [0.15, 0.2) is 0 Å². The van der Waals surface area contributed by atoms with Crippen LogP contribution in [-0.2, 0) is 4.79 Å². The summed E-state index contributed by atoms with van der Waals surface area (Å²) in [5.41, 5.74) is 0. The minimum atomic E-state index is -1.11. The molecule has 110 valence electrons. The van der Waals surface area contributed by atoms with Crippen LogP contribution in [0.25, 0.3) is 0 Å². The van der Waals surface area contributed by atoms with Gasteiger partial charge in [0.1, 0.15) is 6.04 Å². The van der Waals surface area contributed by atoms with Gasteiger partial charge in [0.25, 0.3) is 0 Å². The molecule has 1 aromatic heterocycles. The second-order valence-electron chi connectivity index (χ2n) is 4.71. The lowest BCUT2D eigenvalue weighted by Crippen LogP contribution is -2.46. The lowest BCUT2D eigenvalue weighted by atomic mass is 10.2. The Balaban J connectivity index is 2.02. The summed E-state index contributed by atoms with van der Waals surface area (Å²) in [5, 5.41) is 21.3. The summed E-state index contributed by atoms with van der Waals surface area (Å²) >= 11 is 7.19. The number of amides is 2. The molecule has 2 rings (SSSR count). The molecule has 0 aromatic carbocycles. The number of aliphatic hydroxyl groups excluding tert-OH is 1. The van der Waals surface area contributed by atoms with Crippen molar-refractivity contribution in [2.75, 3.05) is 6.54 Å². The number of carbonyl (C=O) groups excluding carboxylic acids is 1. The number of hydrogen-bond donors (Lipinski definition) is 3. The molecule has 8 heteroatoms. The molecule has 1 aliphatic rings. The first-order valence-electron chi connectivity index (χ1n) is 6.11. The van der Waals surface area contributed by atoms with Crippen molar-refractivity contribution in [2.24, 2.45) is 0 Å². The first-order valence-corrected chi connectivity index (χ1v) is 7.31. The Labute approximate surface area is 125 Å². The minimum absolute atomic E-state index is 0.0285. The molecule has 3 atom stereocenters. The van der Waals surface area contributed by atoms with Crippen LogP contribution in [0.4, 0.5) is 4.79 Å². The summed E-state index contributed by atoms with van der Waals surface area (Å²) in [6, 6.07) is 1.80. The predicted molar refractivity (Wildman–Crippen MR) is 75.0 cm³/mol. The average Bonchev–Trinajstić information content (AvgIpc) is 2.95. The number of β-amino-alcohol motifs (C(OH)–C–C–N with tert-alkyl or cyclic N) is 1. The van der Waals surface area contributed by atoms with E-state index in [4.69, 9.17) is 16.7 Å². The van der Waals surface area contributed by atoms with Crippen molar-refractivity contribution < 1.29 is 19.8 Å². The zero-order valence-corrected chi connectivity index (χ0v) is 12.3. The molecule has 0 radical (unpaired) electrons. The standard InChI is InChI=1S/C12H15ClN2O4S/c1-6(9-2-3-10(13)20-9)14-12(19)15-5-7(16)4-8(15)11(17)18/h2-3,6-8,16H,4-5H2,1H3,(H,14,19)(H,17,18)/t6?,7-,8-/m1/s1. The van der Waals surface area contributed by atoms with E-state index in [1.165, 1.54) is 11.3 Å². The lowest BCUT2D eigenvalue weighted by molar-refractivity contribution is -0.141. The number of carboxylic acids is 1. The highest BCUT2D eigenvalue weighted by Gasteiger charge is 2.39. The third-order valence-electron chi connectivity index (χ3n) is 3.19. The molecule has 1 fully saturated rings. The van der Waals surface area contributed by atoms with Gasteiger partial charge in [-0.1, -0.05) is 11.6 Å². The van der Waals surface area contributed by atoms with Crippen LogP contribution in [0.3, 0.4) is 0 Å². The molecule has 1 aliphatic heterocycles. The molecule has 6 nitrogen and oxygen atoms in total. The van der Waals surface area contributed by atoms with E-state index in [1.54, 1.807) is 13.0 Å². The molecule has 0 spiro atoms. The number of urea groups is 1. The van der Waals surface area contributed by atoms with Crippen LogP contribution >= 0.6 is 22.9 Å². The van der Waals surface area contributed by atoms with Crippen LogP contribution in [0.5, 0.6) is 0 Å². The largest absolute Gasteiger partial charge is 0.480 e. The van der Waals surface area contributed by atoms with E-state index in [2.05, 4.69) is 5.32 Å². The zero-order valence-electron chi connectivity index (χ0n) is 10.7. The van der Waals surface area contributed by atoms with Gasteiger partial charge in [0.05, 0.1) is 16.5 Å². The minimum Gasteiger partial charge on any atom is -0.480 e. The normalized spacial score (nSPS) is 23.6. The van der Waals surface area contributed by atoms with E-state index in [0.717, 1.165) is 9.78 Å². The number of carboxylic acid groups (broad SMARTS) is 1. The summed E-state index contributed by atoms with van der Waals surface area (Å²) in [6.07, 6.45) is -0.740. The Morgan fingerprint density at radius 2 is 2.25 bits per heavy atom. The number of aliphatic hydroxyl groups is 1. The van der Waals surface area contributed by atoms with Crippen LogP contribution in [-0.4, -0.2) is 45.8 Å². The number of likely N-dealkylation sites (tertiary alicyclic amines) is 1. The average molecular weight is 319 g/mol. The van der Waals surface area contributed by atoms with E-state index in [9.17, 15) is 14.7 Å². The van der Waals surface area contributed by atoms with Gasteiger partial charge in [-0.15, -0.1) is 11.3 Å². The summed E-state index contributed by atoms with van der Waals surface area (Å²) in [4.78, 5) is 25.2. The highest BCUT2D eigenvalue weighted by molar-refractivity contribution is 7.16. The Bertz CT molecular complexity index is 521. The molecule has 20 heavy (non-hydrogen) atoms. The summed E-state index contributed by atoms with van der Waals surface area (Å²) in [6.45, 7) is 1.82. The highest BCUT2D eigenvalue weighted by Crippen LogP contribution is 2.27. The van der Waals surface area contributed by atoms with Crippen LogP contribution in [0.15, 0.2) is 12.1 Å². The summed E-state index contributed by atoms with van der Waals surface area (Å²) in [5.74, 6) is -1.11. The number of rotatable bonds is 3. The maximum Gasteiger partial charge on any atom is 0.326 e. The fourth-order valence-electron chi connectivity index (χ4n) is 2.17. The molecule has 0 bridgehead atoms. The highest BCUT2D eigenvalue weighted by atomic mass is 35.5. The quantitative estimate of drug-likeness (QED) is 0.791. The summed E-state index contributed by atoms with van der Waals surface area (Å²) < 4.78 is 0.626. The van der Waals surface area contributed by atoms with Crippen molar-refractivity contribution in [1.82, 2.24) is 10.2 Å². The van der Waals surface area contributed by atoms with Crippen molar-refractivity contribution >= 4 is 34.9 Å². The SMILES string of the molecule is CC(NC(=O)N1C[C@H](O)C[C@@H]1C(=O)O)c1ccc(Cl)s1. The smallest absolute Gasteiger partial charge is 0.326 e. The first-order chi connectivity index (χ1) is 9.38. The van der Waals surface area contributed by atoms with Gasteiger partial charge in [0, 0.05) is 17.8 Å². The topological polar surface area (TPSA) is 89.9 Å². The Morgan fingerprint density at radius 1 is 1.55 bits per heavy atom. The Hall–Kier alpha value is -1.31. The van der Waals surface area contributed by atoms with Gasteiger partial charge >= 0.3 is 12.0 Å². The van der Waals surface area contributed by atoms with E-state index in [0.29, 0.717) is 4.34 Å². The van der Waals surface area contributed by atoms with Crippen molar-refractivity contribution in [3.63, 3.8) is 0 Å². The van der Waals surface area contributed by atoms with Gasteiger partial charge in [0.2, 0.25) is 0 Å². The van der Waals surface area contributed by atoms with E-state index in [-0.39, 0.29) is 19.0 Å². The van der Waals surface area contributed by atoms with E-state index in [1.807, 2.05) is 6.07 Å². The number of hydrogen-bond acceptors (Lipinski definition) is 4. The first kappa shape index (κ1) is 15.1. The van der Waals surface area contributed by atoms with Crippen LogP contribution in [0.1, 0.15) is 24.3 Å². The predicted octanol–water partition coefficient (Wildman–Crippen LogP) is 1.69. The van der Waals surface area contributed by atoms with Gasteiger partial charge in [-0.3, -0.25) is 0 Å². The molecular formula is C12H15ClN2O4S. The number of aliphatic carboxylic acids is 1. The van der Waals surface area contributed by atoms with E-state index >= 15 is 0 Å². The van der Waals surface area contributed by atoms with Crippen LogP contribution in [0.2, 0.25) is 4.34 Å².